The van der Waals surface area contributed by atoms with E-state index < -0.39 is 20.0 Å². The highest BCUT2D eigenvalue weighted by Gasteiger charge is 2.29. The van der Waals surface area contributed by atoms with Crippen molar-refractivity contribution in [1.29, 1.82) is 0 Å². The van der Waals surface area contributed by atoms with Crippen molar-refractivity contribution in [3.63, 3.8) is 0 Å². The topological polar surface area (TPSA) is 92.8 Å². The van der Waals surface area contributed by atoms with E-state index in [4.69, 9.17) is 4.74 Å². The van der Waals surface area contributed by atoms with Gasteiger partial charge in [-0.3, -0.25) is 9.03 Å². The quantitative estimate of drug-likeness (QED) is 0.867. The summed E-state index contributed by atoms with van der Waals surface area (Å²) in [5, 5.41) is 0. The van der Waals surface area contributed by atoms with Gasteiger partial charge >= 0.3 is 0 Å². The molecule has 9 heteroatoms. The molecule has 21 heavy (non-hydrogen) atoms. The zero-order valence-corrected chi connectivity index (χ0v) is 13.5. The van der Waals surface area contributed by atoms with Crippen molar-refractivity contribution < 1.29 is 21.6 Å². The van der Waals surface area contributed by atoms with Crippen LogP contribution in [0.3, 0.4) is 0 Å². The maximum atomic E-state index is 11.9. The average molecular weight is 334 g/mol. The van der Waals surface area contributed by atoms with Gasteiger partial charge in [0.2, 0.25) is 20.0 Å². The largest absolute Gasteiger partial charge is 0.495 e. The average Bonchev–Trinajstić information content (AvgIpc) is 2.78. The van der Waals surface area contributed by atoms with Crippen LogP contribution in [0.5, 0.6) is 5.75 Å². The van der Waals surface area contributed by atoms with E-state index in [9.17, 15) is 16.8 Å². The first-order valence-electron chi connectivity index (χ1n) is 6.48. The number of hydrogen-bond donors (Lipinski definition) is 1. The van der Waals surface area contributed by atoms with Crippen LogP contribution < -0.4 is 13.8 Å². The normalized spacial score (nSPS) is 17.7. The number of anilines is 2. The second-order valence-corrected chi connectivity index (χ2v) is 8.66. The number of nitrogens with one attached hydrogen (secondary N) is 1. The summed E-state index contributed by atoms with van der Waals surface area (Å²) >= 11 is 0. The molecule has 1 fully saturated rings. The summed E-state index contributed by atoms with van der Waals surface area (Å²) < 4.78 is 56.1. The van der Waals surface area contributed by atoms with Crippen molar-refractivity contribution >= 4 is 31.4 Å². The summed E-state index contributed by atoms with van der Waals surface area (Å²) in [7, 11) is -5.36. The molecule has 1 saturated heterocycles. The Kier molecular flexibility index (Phi) is 4.33. The lowest BCUT2D eigenvalue weighted by Gasteiger charge is -2.19. The van der Waals surface area contributed by atoms with Crippen LogP contribution in [-0.2, 0) is 20.0 Å². The molecule has 1 aliphatic heterocycles. The molecule has 0 aromatic heterocycles. The standard InChI is InChI=1S/C12H18N2O5S2/c1-3-20(15,16)13-11-9-10(5-6-12(11)19-2)14-7-4-8-21(14,17)18/h5-6,9,13H,3-4,7-8H2,1-2H3. The molecule has 2 rings (SSSR count). The number of ether oxygens (including phenoxy) is 1. The van der Waals surface area contributed by atoms with Gasteiger partial charge in [-0.2, -0.15) is 0 Å². The van der Waals surface area contributed by atoms with E-state index in [0.717, 1.165) is 0 Å². The van der Waals surface area contributed by atoms with Gasteiger partial charge in [0.25, 0.3) is 0 Å². The summed E-state index contributed by atoms with van der Waals surface area (Å²) in [6.07, 6.45) is 0.560. The van der Waals surface area contributed by atoms with Gasteiger partial charge in [0.1, 0.15) is 5.75 Å². The van der Waals surface area contributed by atoms with E-state index in [1.807, 2.05) is 0 Å². The lowest BCUT2D eigenvalue weighted by atomic mass is 10.2. The summed E-state index contributed by atoms with van der Waals surface area (Å²) in [6.45, 7) is 1.91. The number of benzene rings is 1. The first-order chi connectivity index (χ1) is 9.79. The van der Waals surface area contributed by atoms with Crippen molar-refractivity contribution in [3.8, 4) is 5.75 Å². The molecular formula is C12H18N2O5S2. The highest BCUT2D eigenvalue weighted by atomic mass is 32.2. The molecular weight excluding hydrogens is 316 g/mol. The van der Waals surface area contributed by atoms with E-state index in [2.05, 4.69) is 4.72 Å². The van der Waals surface area contributed by atoms with Gasteiger partial charge in [-0.25, -0.2) is 16.8 Å². The highest BCUT2D eigenvalue weighted by molar-refractivity contribution is 7.93. The van der Waals surface area contributed by atoms with Gasteiger partial charge in [0.15, 0.2) is 0 Å². The van der Waals surface area contributed by atoms with Crippen molar-refractivity contribution in [2.24, 2.45) is 0 Å². The lowest BCUT2D eigenvalue weighted by molar-refractivity contribution is 0.417. The number of hydrogen-bond acceptors (Lipinski definition) is 5. The van der Waals surface area contributed by atoms with Crippen molar-refractivity contribution in [2.45, 2.75) is 13.3 Å². The van der Waals surface area contributed by atoms with Crippen LogP contribution in [0, 0.1) is 0 Å². The van der Waals surface area contributed by atoms with Crippen LogP contribution in [0.2, 0.25) is 0 Å². The molecule has 0 amide bonds. The van der Waals surface area contributed by atoms with Crippen LogP contribution in [0.15, 0.2) is 18.2 Å². The molecule has 0 bridgehead atoms. The molecule has 1 heterocycles. The van der Waals surface area contributed by atoms with E-state index in [1.165, 1.54) is 24.4 Å². The summed E-state index contributed by atoms with van der Waals surface area (Å²) in [6, 6.07) is 4.64. The number of methoxy groups -OCH3 is 1. The maximum Gasteiger partial charge on any atom is 0.235 e. The summed E-state index contributed by atoms with van der Waals surface area (Å²) in [5.41, 5.74) is 0.668. The Bertz CT molecular complexity index is 728. The van der Waals surface area contributed by atoms with Gasteiger partial charge in [-0.05, 0) is 31.5 Å². The fourth-order valence-electron chi connectivity index (χ4n) is 2.10. The summed E-state index contributed by atoms with van der Waals surface area (Å²) in [5.74, 6) is 0.365. The van der Waals surface area contributed by atoms with E-state index in [1.54, 1.807) is 12.1 Å². The highest BCUT2D eigenvalue weighted by Crippen LogP contribution is 2.33. The second-order valence-electron chi connectivity index (χ2n) is 4.63. The molecule has 0 aliphatic carbocycles. The molecule has 1 aliphatic rings. The van der Waals surface area contributed by atoms with E-state index >= 15 is 0 Å². The maximum absolute atomic E-state index is 11.9. The molecule has 118 valence electrons. The molecule has 0 spiro atoms. The Labute approximate surface area is 125 Å². The van der Waals surface area contributed by atoms with Gasteiger partial charge < -0.3 is 4.74 Å². The van der Waals surface area contributed by atoms with Crippen LogP contribution in [-0.4, -0.2) is 42.0 Å². The first-order valence-corrected chi connectivity index (χ1v) is 9.74. The SMILES string of the molecule is CCS(=O)(=O)Nc1cc(N2CCCS2(=O)=O)ccc1OC. The zero-order chi connectivity index (χ0) is 15.7. The minimum atomic E-state index is -3.47. The van der Waals surface area contributed by atoms with Gasteiger partial charge in [0, 0.05) is 6.54 Å². The molecule has 1 aromatic carbocycles. The van der Waals surface area contributed by atoms with E-state index in [-0.39, 0.29) is 17.2 Å². The van der Waals surface area contributed by atoms with Gasteiger partial charge in [-0.1, -0.05) is 0 Å². The van der Waals surface area contributed by atoms with Crippen LogP contribution in [0.25, 0.3) is 0 Å². The van der Waals surface area contributed by atoms with Crippen molar-refractivity contribution in [1.82, 2.24) is 0 Å². The first kappa shape index (κ1) is 15.9. The third-order valence-corrected chi connectivity index (χ3v) is 6.38. The fourth-order valence-corrected chi connectivity index (χ4v) is 4.30. The van der Waals surface area contributed by atoms with Crippen molar-refractivity contribution in [2.75, 3.05) is 34.2 Å². The Balaban J connectivity index is 2.43. The van der Waals surface area contributed by atoms with Crippen LogP contribution in [0.1, 0.15) is 13.3 Å². The number of nitrogens with zero attached hydrogens (tertiary/aromatic N) is 1. The molecule has 0 saturated carbocycles. The minimum absolute atomic E-state index is 0.0810. The number of rotatable bonds is 5. The van der Waals surface area contributed by atoms with Crippen molar-refractivity contribution in [3.05, 3.63) is 18.2 Å². The van der Waals surface area contributed by atoms with E-state index in [0.29, 0.717) is 24.4 Å². The lowest BCUT2D eigenvalue weighted by Crippen LogP contribution is -2.25. The molecule has 0 radical (unpaired) electrons. The van der Waals surface area contributed by atoms with Gasteiger partial charge in [-0.15, -0.1) is 0 Å². The summed E-state index contributed by atoms with van der Waals surface area (Å²) in [4.78, 5) is 0. The zero-order valence-electron chi connectivity index (χ0n) is 11.9. The third-order valence-electron chi connectivity index (χ3n) is 3.22. The monoisotopic (exact) mass is 334 g/mol. The molecule has 1 aromatic rings. The molecule has 0 atom stereocenters. The smallest absolute Gasteiger partial charge is 0.235 e. The Hall–Kier alpha value is -1.48. The second kappa shape index (κ2) is 5.72. The Morgan fingerprint density at radius 1 is 1.38 bits per heavy atom. The third kappa shape index (κ3) is 3.41. The fraction of sp³-hybridized carbons (Fsp3) is 0.500. The predicted molar refractivity (Wildman–Crippen MR) is 81.8 cm³/mol. The number of sulfonamides is 2. The predicted octanol–water partition coefficient (Wildman–Crippen LogP) is 0.997. The molecule has 0 unspecified atom stereocenters. The minimum Gasteiger partial charge on any atom is -0.495 e. The van der Waals surface area contributed by atoms with Gasteiger partial charge in [0.05, 0.1) is 30.0 Å². The molecule has 1 N–H and O–H groups in total. The Morgan fingerprint density at radius 3 is 2.62 bits per heavy atom. The van der Waals surface area contributed by atoms with Crippen LogP contribution in [0.4, 0.5) is 11.4 Å². The van der Waals surface area contributed by atoms with Crippen LogP contribution >= 0.6 is 0 Å². The molecule has 7 nitrogen and oxygen atoms in total. The Morgan fingerprint density at radius 2 is 2.10 bits per heavy atom.